The number of halogens is 3. The maximum Gasteiger partial charge on any atom is 0.416 e. The highest BCUT2D eigenvalue weighted by Crippen LogP contribution is 2.38. The van der Waals surface area contributed by atoms with Gasteiger partial charge in [-0.05, 0) is 62.7 Å². The number of benzene rings is 2. The number of rotatable bonds is 4. The van der Waals surface area contributed by atoms with E-state index >= 15 is 0 Å². The number of hydrogen-bond donors (Lipinski definition) is 1. The van der Waals surface area contributed by atoms with Crippen molar-refractivity contribution in [1.82, 2.24) is 0 Å². The van der Waals surface area contributed by atoms with Crippen LogP contribution in [0.4, 0.5) is 24.5 Å². The van der Waals surface area contributed by atoms with Crippen molar-refractivity contribution in [1.29, 1.82) is 0 Å². The van der Waals surface area contributed by atoms with Crippen molar-refractivity contribution >= 4 is 23.2 Å². The summed E-state index contributed by atoms with van der Waals surface area (Å²) in [5.74, 6) is -0.0869. The number of ether oxygens (including phenoxy) is 1. The molecule has 30 heavy (non-hydrogen) atoms. The number of carbonyl (C=O) groups is 2. The Balaban J connectivity index is 1.86. The molecule has 2 aromatic rings. The van der Waals surface area contributed by atoms with Crippen LogP contribution in [-0.2, 0) is 11.0 Å². The molecule has 0 saturated carbocycles. The minimum Gasteiger partial charge on any atom is -0.490 e. The van der Waals surface area contributed by atoms with Crippen molar-refractivity contribution in [2.45, 2.75) is 33.4 Å². The lowest BCUT2D eigenvalue weighted by Gasteiger charge is -2.27. The zero-order chi connectivity index (χ0) is 22.1. The number of fused-ring (bicyclic) bond motifs is 1. The first-order chi connectivity index (χ1) is 14.0. The Morgan fingerprint density at radius 3 is 2.43 bits per heavy atom. The lowest BCUT2D eigenvalue weighted by atomic mass is 9.93. The third-order valence-electron chi connectivity index (χ3n) is 4.84. The second-order valence-corrected chi connectivity index (χ2v) is 7.84. The average molecular weight is 420 g/mol. The fourth-order valence-electron chi connectivity index (χ4n) is 3.18. The molecule has 0 radical (unpaired) electrons. The van der Waals surface area contributed by atoms with Crippen LogP contribution in [0.3, 0.4) is 0 Å². The van der Waals surface area contributed by atoms with Crippen LogP contribution >= 0.6 is 0 Å². The summed E-state index contributed by atoms with van der Waals surface area (Å²) >= 11 is 0. The van der Waals surface area contributed by atoms with E-state index in [0.717, 1.165) is 30.7 Å². The monoisotopic (exact) mass is 420 g/mol. The van der Waals surface area contributed by atoms with Crippen LogP contribution in [0.1, 0.15) is 43.1 Å². The Bertz CT molecular complexity index is 953. The van der Waals surface area contributed by atoms with Crippen molar-refractivity contribution in [2.75, 3.05) is 23.4 Å². The molecule has 0 spiro atoms. The summed E-state index contributed by atoms with van der Waals surface area (Å²) in [6.07, 6.45) is -3.72. The predicted molar refractivity (Wildman–Crippen MR) is 108 cm³/mol. The van der Waals surface area contributed by atoms with E-state index in [1.54, 1.807) is 23.1 Å². The topological polar surface area (TPSA) is 58.6 Å². The van der Waals surface area contributed by atoms with Gasteiger partial charge >= 0.3 is 6.18 Å². The number of carbonyl (C=O) groups excluding carboxylic acids is 2. The van der Waals surface area contributed by atoms with Crippen LogP contribution < -0.4 is 15.0 Å². The minimum absolute atomic E-state index is 0.0747. The van der Waals surface area contributed by atoms with Crippen molar-refractivity contribution in [3.63, 3.8) is 0 Å². The number of anilines is 2. The molecule has 0 saturated heterocycles. The highest BCUT2D eigenvalue weighted by Gasteiger charge is 2.37. The highest BCUT2D eigenvalue weighted by molar-refractivity contribution is 6.05. The third-order valence-corrected chi connectivity index (χ3v) is 4.84. The van der Waals surface area contributed by atoms with Crippen LogP contribution in [0.25, 0.3) is 0 Å². The van der Waals surface area contributed by atoms with Crippen molar-refractivity contribution in [3.05, 3.63) is 53.6 Å². The molecule has 0 aliphatic carbocycles. The van der Waals surface area contributed by atoms with Gasteiger partial charge < -0.3 is 15.0 Å². The molecule has 1 aliphatic rings. The molecule has 1 aliphatic heterocycles. The molecular weight excluding hydrogens is 397 g/mol. The Hall–Kier alpha value is -3.03. The molecule has 2 aromatic carbocycles. The van der Waals surface area contributed by atoms with E-state index in [9.17, 15) is 22.8 Å². The Morgan fingerprint density at radius 2 is 1.83 bits per heavy atom. The van der Waals surface area contributed by atoms with E-state index in [0.29, 0.717) is 23.7 Å². The summed E-state index contributed by atoms with van der Waals surface area (Å²) in [4.78, 5) is 27.1. The highest BCUT2D eigenvalue weighted by atomic mass is 19.4. The van der Waals surface area contributed by atoms with Crippen molar-refractivity contribution in [2.24, 2.45) is 5.41 Å². The molecule has 1 N–H and O–H groups in total. The van der Waals surface area contributed by atoms with Gasteiger partial charge in [-0.2, -0.15) is 13.2 Å². The summed E-state index contributed by atoms with van der Waals surface area (Å²) in [6, 6.07) is 8.93. The smallest absolute Gasteiger partial charge is 0.416 e. The molecule has 0 aromatic heterocycles. The van der Waals surface area contributed by atoms with Gasteiger partial charge in [-0.3, -0.25) is 9.59 Å². The zero-order valence-corrected chi connectivity index (χ0v) is 17.0. The Morgan fingerprint density at radius 1 is 1.17 bits per heavy atom. The first-order valence-electron chi connectivity index (χ1n) is 9.60. The molecule has 160 valence electrons. The van der Waals surface area contributed by atoms with Gasteiger partial charge in [-0.15, -0.1) is 0 Å². The van der Waals surface area contributed by atoms with Gasteiger partial charge in [0.15, 0.2) is 0 Å². The number of nitrogens with zero attached hydrogens (tertiary/aromatic N) is 1. The van der Waals surface area contributed by atoms with E-state index in [2.05, 4.69) is 5.32 Å². The fraction of sp³-hybridized carbons (Fsp3) is 0.364. The minimum atomic E-state index is -4.46. The first-order valence-corrected chi connectivity index (χ1v) is 9.60. The van der Waals surface area contributed by atoms with Crippen LogP contribution in [0.5, 0.6) is 5.75 Å². The van der Waals surface area contributed by atoms with Gasteiger partial charge in [0.2, 0.25) is 5.91 Å². The van der Waals surface area contributed by atoms with Gasteiger partial charge in [0.05, 0.1) is 16.7 Å². The maximum absolute atomic E-state index is 13.0. The largest absolute Gasteiger partial charge is 0.490 e. The SMILES string of the molecule is CCCN1C(=O)C(C)(C)COc2ccc(NC(=O)c3ccc(C(F)(F)F)cc3)cc21. The Labute approximate surface area is 172 Å². The molecule has 5 nitrogen and oxygen atoms in total. The molecule has 1 heterocycles. The quantitative estimate of drug-likeness (QED) is 0.747. The van der Waals surface area contributed by atoms with Crippen LogP contribution in [0.2, 0.25) is 0 Å². The molecule has 3 rings (SSSR count). The molecular formula is C22H23F3N2O3. The number of alkyl halides is 3. The lowest BCUT2D eigenvalue weighted by molar-refractivity contribution is -0.137. The molecule has 0 bridgehead atoms. The Kier molecular flexibility index (Phi) is 5.78. The summed E-state index contributed by atoms with van der Waals surface area (Å²) in [5.41, 5.74) is -0.458. The van der Waals surface area contributed by atoms with Crippen LogP contribution in [-0.4, -0.2) is 25.0 Å². The molecule has 2 amide bonds. The van der Waals surface area contributed by atoms with Gasteiger partial charge in [0, 0.05) is 17.8 Å². The normalized spacial score (nSPS) is 15.8. The molecule has 0 atom stereocenters. The number of nitrogens with one attached hydrogen (secondary N) is 1. The summed E-state index contributed by atoms with van der Waals surface area (Å²) < 4.78 is 43.9. The van der Waals surface area contributed by atoms with Crippen LogP contribution in [0, 0.1) is 5.41 Å². The van der Waals surface area contributed by atoms with E-state index in [1.165, 1.54) is 0 Å². The first kappa shape index (κ1) is 21.7. The van der Waals surface area contributed by atoms with Crippen LogP contribution in [0.15, 0.2) is 42.5 Å². The van der Waals surface area contributed by atoms with E-state index in [1.807, 2.05) is 20.8 Å². The van der Waals surface area contributed by atoms with Crippen molar-refractivity contribution < 1.29 is 27.5 Å². The lowest BCUT2D eigenvalue weighted by Crippen LogP contribution is -2.42. The third kappa shape index (κ3) is 4.42. The second-order valence-electron chi connectivity index (χ2n) is 7.84. The summed E-state index contributed by atoms with van der Waals surface area (Å²) in [5, 5.41) is 2.67. The second kappa shape index (κ2) is 8.01. The number of amides is 2. The van der Waals surface area contributed by atoms with Gasteiger partial charge in [0.1, 0.15) is 12.4 Å². The van der Waals surface area contributed by atoms with Gasteiger partial charge in [0.25, 0.3) is 5.91 Å². The average Bonchev–Trinajstić information content (AvgIpc) is 2.78. The van der Waals surface area contributed by atoms with E-state index in [4.69, 9.17) is 4.74 Å². The fourth-order valence-corrected chi connectivity index (χ4v) is 3.18. The molecule has 0 fully saturated rings. The molecule has 8 heteroatoms. The van der Waals surface area contributed by atoms with E-state index in [-0.39, 0.29) is 18.1 Å². The summed E-state index contributed by atoms with van der Waals surface area (Å²) in [7, 11) is 0. The summed E-state index contributed by atoms with van der Waals surface area (Å²) in [6.45, 7) is 6.32. The van der Waals surface area contributed by atoms with Crippen molar-refractivity contribution in [3.8, 4) is 5.75 Å². The maximum atomic E-state index is 13.0. The standard InChI is InChI=1S/C22H23F3N2O3/c1-4-11-27-17-12-16(9-10-18(17)30-13-21(2,3)20(27)29)26-19(28)14-5-7-15(8-6-14)22(23,24)25/h5-10,12H,4,11,13H2,1-3H3,(H,26,28). The van der Waals surface area contributed by atoms with Gasteiger partial charge in [-0.1, -0.05) is 6.92 Å². The van der Waals surface area contributed by atoms with E-state index < -0.39 is 23.1 Å². The van der Waals surface area contributed by atoms with Gasteiger partial charge in [-0.25, -0.2) is 0 Å². The predicted octanol–water partition coefficient (Wildman–Crippen LogP) is 5.12. The zero-order valence-electron chi connectivity index (χ0n) is 17.0. The molecule has 0 unspecified atom stereocenters. The number of hydrogen-bond acceptors (Lipinski definition) is 3.